The van der Waals surface area contributed by atoms with E-state index in [0.29, 0.717) is 0 Å². The van der Waals surface area contributed by atoms with Gasteiger partial charge in [-0.05, 0) is 31.6 Å². The second kappa shape index (κ2) is 5.38. The second-order valence-corrected chi connectivity index (χ2v) is 4.80. The van der Waals surface area contributed by atoms with Crippen LogP contribution >= 0.6 is 0 Å². The Morgan fingerprint density at radius 1 is 1.07 bits per heavy atom. The Hall–Kier alpha value is -0.520. The summed E-state index contributed by atoms with van der Waals surface area (Å²) in [5.41, 5.74) is 1.60. The molecule has 14 heavy (non-hydrogen) atoms. The molecule has 0 aromatic rings. The third-order valence-electron chi connectivity index (χ3n) is 3.64. The number of allylic oxidation sites excluding steroid dienone is 4. The smallest absolute Gasteiger partial charge is 0.0280 e. The fourth-order valence-electron chi connectivity index (χ4n) is 2.70. The topological polar surface area (TPSA) is 0 Å². The van der Waals surface area contributed by atoms with Gasteiger partial charge in [-0.1, -0.05) is 55.9 Å². The molecule has 0 radical (unpaired) electrons. The van der Waals surface area contributed by atoms with Gasteiger partial charge in [-0.2, -0.15) is 0 Å². The minimum atomic E-state index is 1.04. The average Bonchev–Trinajstić information content (AvgIpc) is 2.29. The van der Waals surface area contributed by atoms with Crippen molar-refractivity contribution in [3.63, 3.8) is 0 Å². The number of hydrogen-bond donors (Lipinski definition) is 0. The fraction of sp³-hybridized carbons (Fsp3) is 0.714. The van der Waals surface area contributed by atoms with E-state index >= 15 is 0 Å². The lowest BCUT2D eigenvalue weighted by molar-refractivity contribution is 0.339. The third kappa shape index (κ3) is 3.01. The van der Waals surface area contributed by atoms with Crippen molar-refractivity contribution in [2.24, 2.45) is 5.92 Å². The van der Waals surface area contributed by atoms with Gasteiger partial charge in [0.1, 0.15) is 0 Å². The molecule has 1 fully saturated rings. The highest BCUT2D eigenvalue weighted by molar-refractivity contribution is 5.21. The van der Waals surface area contributed by atoms with E-state index in [9.17, 15) is 0 Å². The van der Waals surface area contributed by atoms with Gasteiger partial charge in [-0.3, -0.25) is 0 Å². The molecule has 2 aliphatic rings. The summed E-state index contributed by atoms with van der Waals surface area (Å²) in [4.78, 5) is 0. The summed E-state index contributed by atoms with van der Waals surface area (Å²) in [7, 11) is 0. The molecule has 0 atom stereocenters. The highest BCUT2D eigenvalue weighted by Gasteiger charge is 2.13. The summed E-state index contributed by atoms with van der Waals surface area (Å²) in [6.45, 7) is 0. The molecule has 0 amide bonds. The molecule has 0 aliphatic heterocycles. The van der Waals surface area contributed by atoms with Gasteiger partial charge < -0.3 is 0 Å². The Bertz CT molecular complexity index is 216. The molecule has 0 unspecified atom stereocenters. The van der Waals surface area contributed by atoms with Crippen molar-refractivity contribution in [1.29, 1.82) is 0 Å². The maximum atomic E-state index is 2.43. The van der Waals surface area contributed by atoms with E-state index in [4.69, 9.17) is 0 Å². The molecule has 0 bridgehead atoms. The Balaban J connectivity index is 1.70. The Labute approximate surface area is 88.1 Å². The van der Waals surface area contributed by atoms with E-state index in [-0.39, 0.29) is 0 Å². The Morgan fingerprint density at radius 3 is 2.64 bits per heavy atom. The van der Waals surface area contributed by atoms with Gasteiger partial charge in [0.05, 0.1) is 0 Å². The summed E-state index contributed by atoms with van der Waals surface area (Å²) < 4.78 is 0. The third-order valence-corrected chi connectivity index (χ3v) is 3.64. The molecule has 0 saturated heterocycles. The molecule has 1 saturated carbocycles. The molecule has 2 aliphatic carbocycles. The van der Waals surface area contributed by atoms with E-state index in [1.54, 1.807) is 5.57 Å². The maximum absolute atomic E-state index is 2.43. The summed E-state index contributed by atoms with van der Waals surface area (Å²) >= 11 is 0. The molecule has 0 aromatic carbocycles. The van der Waals surface area contributed by atoms with Crippen LogP contribution in [0.1, 0.15) is 57.8 Å². The van der Waals surface area contributed by atoms with E-state index in [1.807, 2.05) is 0 Å². The van der Waals surface area contributed by atoms with Crippen molar-refractivity contribution >= 4 is 0 Å². The van der Waals surface area contributed by atoms with Crippen molar-refractivity contribution in [3.8, 4) is 0 Å². The molecular formula is C14H22. The predicted octanol–water partition coefficient (Wildman–Crippen LogP) is 4.62. The van der Waals surface area contributed by atoms with Crippen molar-refractivity contribution in [3.05, 3.63) is 23.8 Å². The molecular weight excluding hydrogens is 168 g/mol. The monoisotopic (exact) mass is 190 g/mol. The highest BCUT2D eigenvalue weighted by atomic mass is 14.2. The van der Waals surface area contributed by atoms with Crippen LogP contribution in [0.15, 0.2) is 23.8 Å². The molecule has 0 aromatic heterocycles. The van der Waals surface area contributed by atoms with E-state index < -0.39 is 0 Å². The first-order valence-electron chi connectivity index (χ1n) is 6.31. The van der Waals surface area contributed by atoms with Gasteiger partial charge in [0.15, 0.2) is 0 Å². The van der Waals surface area contributed by atoms with Crippen LogP contribution in [0.3, 0.4) is 0 Å². The molecule has 0 heterocycles. The zero-order chi connectivity index (χ0) is 9.64. The van der Waals surface area contributed by atoms with Crippen LogP contribution < -0.4 is 0 Å². The average molecular weight is 190 g/mol. The SMILES string of the molecule is C1=CC(CCC2CCCCC2)=CCC1. The molecule has 0 N–H and O–H groups in total. The fourth-order valence-corrected chi connectivity index (χ4v) is 2.70. The lowest BCUT2D eigenvalue weighted by Crippen LogP contribution is -2.06. The zero-order valence-corrected chi connectivity index (χ0v) is 9.17. The first-order valence-corrected chi connectivity index (χ1v) is 6.31. The van der Waals surface area contributed by atoms with Crippen LogP contribution in [0.25, 0.3) is 0 Å². The van der Waals surface area contributed by atoms with Crippen LogP contribution in [-0.2, 0) is 0 Å². The van der Waals surface area contributed by atoms with Crippen LogP contribution in [-0.4, -0.2) is 0 Å². The van der Waals surface area contributed by atoms with Gasteiger partial charge in [-0.15, -0.1) is 0 Å². The molecule has 0 spiro atoms. The molecule has 2 rings (SSSR count). The highest BCUT2D eigenvalue weighted by Crippen LogP contribution is 2.29. The lowest BCUT2D eigenvalue weighted by atomic mass is 9.85. The van der Waals surface area contributed by atoms with Gasteiger partial charge in [0.2, 0.25) is 0 Å². The van der Waals surface area contributed by atoms with Crippen molar-refractivity contribution in [2.45, 2.75) is 57.8 Å². The second-order valence-electron chi connectivity index (χ2n) is 4.80. The first-order chi connectivity index (χ1) is 6.95. The van der Waals surface area contributed by atoms with E-state index in [0.717, 1.165) is 5.92 Å². The Kier molecular flexibility index (Phi) is 3.85. The summed E-state index contributed by atoms with van der Waals surface area (Å²) in [5, 5.41) is 0. The van der Waals surface area contributed by atoms with Crippen LogP contribution in [0, 0.1) is 5.92 Å². The summed E-state index contributed by atoms with van der Waals surface area (Å²) in [6, 6.07) is 0. The quantitative estimate of drug-likeness (QED) is 0.609. The van der Waals surface area contributed by atoms with Crippen LogP contribution in [0.5, 0.6) is 0 Å². The zero-order valence-electron chi connectivity index (χ0n) is 9.17. The predicted molar refractivity (Wildman–Crippen MR) is 62.3 cm³/mol. The number of rotatable bonds is 3. The van der Waals surface area contributed by atoms with Gasteiger partial charge >= 0.3 is 0 Å². The summed E-state index contributed by atoms with van der Waals surface area (Å²) in [5.74, 6) is 1.04. The standard InChI is InChI=1S/C14H22/c1-3-7-13(8-4-1)11-12-14-9-5-2-6-10-14/h3,7-8,14H,1-2,4-6,9-12H2. The van der Waals surface area contributed by atoms with Gasteiger partial charge in [0, 0.05) is 0 Å². The normalized spacial score (nSPS) is 23.6. The van der Waals surface area contributed by atoms with Crippen molar-refractivity contribution in [1.82, 2.24) is 0 Å². The minimum Gasteiger partial charge on any atom is -0.0840 e. The molecule has 0 heteroatoms. The van der Waals surface area contributed by atoms with E-state index in [1.165, 1.54) is 57.8 Å². The molecule has 0 nitrogen and oxygen atoms in total. The van der Waals surface area contributed by atoms with Crippen molar-refractivity contribution in [2.75, 3.05) is 0 Å². The first kappa shape index (κ1) is 10.0. The molecule has 78 valence electrons. The largest absolute Gasteiger partial charge is 0.0840 e. The Morgan fingerprint density at radius 2 is 1.93 bits per heavy atom. The van der Waals surface area contributed by atoms with E-state index in [2.05, 4.69) is 18.2 Å². The minimum absolute atomic E-state index is 1.04. The maximum Gasteiger partial charge on any atom is -0.0280 e. The van der Waals surface area contributed by atoms with Gasteiger partial charge in [0.25, 0.3) is 0 Å². The summed E-state index contributed by atoms with van der Waals surface area (Å²) in [6.07, 6.45) is 19.9. The van der Waals surface area contributed by atoms with Gasteiger partial charge in [-0.25, -0.2) is 0 Å². The number of hydrogen-bond acceptors (Lipinski definition) is 0. The van der Waals surface area contributed by atoms with Crippen LogP contribution in [0.4, 0.5) is 0 Å². The van der Waals surface area contributed by atoms with Crippen LogP contribution in [0.2, 0.25) is 0 Å². The lowest BCUT2D eigenvalue weighted by Gasteiger charge is -2.21. The van der Waals surface area contributed by atoms with Crippen molar-refractivity contribution < 1.29 is 0 Å².